The van der Waals surface area contributed by atoms with Gasteiger partial charge >= 0.3 is 0 Å². The van der Waals surface area contributed by atoms with Crippen molar-refractivity contribution in [2.45, 2.75) is 51.5 Å². The molecule has 1 aliphatic heterocycles. The third-order valence-electron chi connectivity index (χ3n) is 4.93. The molecule has 0 bridgehead atoms. The first-order chi connectivity index (χ1) is 9.69. The van der Waals surface area contributed by atoms with E-state index in [0.717, 1.165) is 6.54 Å². The van der Waals surface area contributed by atoms with Gasteiger partial charge in [0.05, 0.1) is 0 Å². The average molecular weight is 274 g/mol. The van der Waals surface area contributed by atoms with Crippen LogP contribution in [0.3, 0.4) is 0 Å². The van der Waals surface area contributed by atoms with Gasteiger partial charge in [0.2, 0.25) is 0 Å². The lowest BCUT2D eigenvalue weighted by Gasteiger charge is -2.36. The summed E-state index contributed by atoms with van der Waals surface area (Å²) >= 11 is 0. The zero-order chi connectivity index (χ0) is 14.4. The molecule has 0 aromatic heterocycles. The van der Waals surface area contributed by atoms with Crippen LogP contribution in [0.5, 0.6) is 0 Å². The van der Waals surface area contributed by atoms with Gasteiger partial charge in [0.15, 0.2) is 0 Å². The van der Waals surface area contributed by atoms with E-state index in [-0.39, 0.29) is 0 Å². The minimum atomic E-state index is 0.326. The molecule has 2 nitrogen and oxygen atoms in total. The molecule has 1 N–H and O–H groups in total. The smallest absolute Gasteiger partial charge is 0.0303 e. The summed E-state index contributed by atoms with van der Waals surface area (Å²) in [6.45, 7) is 11.8. The summed E-state index contributed by atoms with van der Waals surface area (Å²) in [5, 5.41) is 3.80. The molecule has 0 saturated carbocycles. The number of benzene rings is 1. The molecular formula is C18H30N2. The lowest BCUT2D eigenvalue weighted by Crippen LogP contribution is -2.51. The van der Waals surface area contributed by atoms with Gasteiger partial charge in [0.1, 0.15) is 0 Å². The number of rotatable bonds is 5. The Balaban J connectivity index is 2.00. The SMILES string of the molecule is CCC1(CC)CN(CC(C)c2ccccc2)CCCN1. The van der Waals surface area contributed by atoms with Crippen LogP contribution < -0.4 is 5.32 Å². The van der Waals surface area contributed by atoms with Crippen molar-refractivity contribution in [1.29, 1.82) is 0 Å². The first-order valence-corrected chi connectivity index (χ1v) is 8.21. The molecule has 112 valence electrons. The van der Waals surface area contributed by atoms with Gasteiger partial charge in [-0.2, -0.15) is 0 Å². The van der Waals surface area contributed by atoms with Crippen LogP contribution in [0, 0.1) is 0 Å². The van der Waals surface area contributed by atoms with Gasteiger partial charge in [0, 0.05) is 18.6 Å². The Kier molecular flexibility index (Phi) is 5.62. The molecule has 0 spiro atoms. The molecule has 0 aliphatic carbocycles. The van der Waals surface area contributed by atoms with E-state index in [1.54, 1.807) is 0 Å². The fraction of sp³-hybridized carbons (Fsp3) is 0.667. The maximum atomic E-state index is 3.80. The minimum absolute atomic E-state index is 0.326. The van der Waals surface area contributed by atoms with Crippen LogP contribution in [0.4, 0.5) is 0 Å². The van der Waals surface area contributed by atoms with E-state index >= 15 is 0 Å². The Hall–Kier alpha value is -0.860. The molecule has 2 rings (SSSR count). The number of nitrogens with zero attached hydrogens (tertiary/aromatic N) is 1. The summed E-state index contributed by atoms with van der Waals surface area (Å²) in [5.74, 6) is 0.612. The molecule has 0 radical (unpaired) electrons. The lowest BCUT2D eigenvalue weighted by atomic mass is 9.91. The summed E-state index contributed by atoms with van der Waals surface area (Å²) in [5.41, 5.74) is 1.79. The Labute approximate surface area is 124 Å². The van der Waals surface area contributed by atoms with Gasteiger partial charge in [-0.25, -0.2) is 0 Å². The molecule has 1 aromatic carbocycles. The highest BCUT2D eigenvalue weighted by molar-refractivity contribution is 5.19. The van der Waals surface area contributed by atoms with Crippen molar-refractivity contribution in [2.24, 2.45) is 0 Å². The van der Waals surface area contributed by atoms with Gasteiger partial charge in [-0.1, -0.05) is 51.1 Å². The van der Waals surface area contributed by atoms with Gasteiger partial charge in [0.25, 0.3) is 0 Å². The van der Waals surface area contributed by atoms with Crippen molar-refractivity contribution >= 4 is 0 Å². The van der Waals surface area contributed by atoms with Crippen molar-refractivity contribution in [1.82, 2.24) is 10.2 Å². The Morgan fingerprint density at radius 3 is 2.55 bits per heavy atom. The molecule has 1 atom stereocenters. The highest BCUT2D eigenvalue weighted by Gasteiger charge is 2.30. The zero-order valence-corrected chi connectivity index (χ0v) is 13.4. The molecular weight excluding hydrogens is 244 g/mol. The van der Waals surface area contributed by atoms with Crippen LogP contribution >= 0.6 is 0 Å². The summed E-state index contributed by atoms with van der Waals surface area (Å²) in [4.78, 5) is 2.67. The maximum absolute atomic E-state index is 3.80. The van der Waals surface area contributed by atoms with E-state index in [1.165, 1.54) is 44.5 Å². The second-order valence-electron chi connectivity index (χ2n) is 6.31. The first kappa shape index (κ1) is 15.5. The van der Waals surface area contributed by atoms with E-state index in [0.29, 0.717) is 11.5 Å². The fourth-order valence-electron chi connectivity index (χ4n) is 3.37. The second-order valence-corrected chi connectivity index (χ2v) is 6.31. The van der Waals surface area contributed by atoms with Gasteiger partial charge < -0.3 is 10.2 Å². The summed E-state index contributed by atoms with van der Waals surface area (Å²) in [6.07, 6.45) is 3.71. The van der Waals surface area contributed by atoms with E-state index in [4.69, 9.17) is 0 Å². The highest BCUT2D eigenvalue weighted by atomic mass is 15.2. The van der Waals surface area contributed by atoms with Crippen molar-refractivity contribution in [3.05, 3.63) is 35.9 Å². The molecule has 1 aliphatic rings. The molecule has 1 unspecified atom stereocenters. The third-order valence-corrected chi connectivity index (χ3v) is 4.93. The van der Waals surface area contributed by atoms with Crippen molar-refractivity contribution in [3.63, 3.8) is 0 Å². The van der Waals surface area contributed by atoms with Crippen molar-refractivity contribution in [2.75, 3.05) is 26.2 Å². The summed E-state index contributed by atoms with van der Waals surface area (Å²) < 4.78 is 0. The van der Waals surface area contributed by atoms with Crippen LogP contribution in [0.25, 0.3) is 0 Å². The first-order valence-electron chi connectivity index (χ1n) is 8.21. The predicted octanol–water partition coefficient (Wildman–Crippen LogP) is 3.64. The Morgan fingerprint density at radius 2 is 1.90 bits per heavy atom. The normalized spacial score (nSPS) is 21.4. The van der Waals surface area contributed by atoms with Crippen LogP contribution in [-0.4, -0.2) is 36.6 Å². The van der Waals surface area contributed by atoms with E-state index in [1.807, 2.05) is 0 Å². The average Bonchev–Trinajstić information content (AvgIpc) is 2.71. The zero-order valence-electron chi connectivity index (χ0n) is 13.4. The van der Waals surface area contributed by atoms with Crippen LogP contribution in [0.15, 0.2) is 30.3 Å². The maximum Gasteiger partial charge on any atom is 0.0303 e. The quantitative estimate of drug-likeness (QED) is 0.882. The van der Waals surface area contributed by atoms with Crippen molar-refractivity contribution in [3.8, 4) is 0 Å². The topological polar surface area (TPSA) is 15.3 Å². The monoisotopic (exact) mass is 274 g/mol. The lowest BCUT2D eigenvalue weighted by molar-refractivity contribution is 0.190. The van der Waals surface area contributed by atoms with Crippen LogP contribution in [0.2, 0.25) is 0 Å². The fourth-order valence-corrected chi connectivity index (χ4v) is 3.37. The number of nitrogens with one attached hydrogen (secondary N) is 1. The molecule has 1 saturated heterocycles. The van der Waals surface area contributed by atoms with E-state index in [9.17, 15) is 0 Å². The van der Waals surface area contributed by atoms with Gasteiger partial charge in [-0.15, -0.1) is 0 Å². The van der Waals surface area contributed by atoms with Crippen molar-refractivity contribution < 1.29 is 0 Å². The molecule has 2 heteroatoms. The standard InChI is InChI=1S/C18H30N2/c1-4-18(5-2)15-20(13-9-12-19-18)14-16(3)17-10-7-6-8-11-17/h6-8,10-11,16,19H,4-5,9,12-15H2,1-3H3. The highest BCUT2D eigenvalue weighted by Crippen LogP contribution is 2.23. The largest absolute Gasteiger partial charge is 0.310 e. The molecule has 1 aromatic rings. The second kappa shape index (κ2) is 7.24. The van der Waals surface area contributed by atoms with E-state index < -0.39 is 0 Å². The summed E-state index contributed by atoms with van der Waals surface area (Å²) in [6, 6.07) is 10.9. The molecule has 1 fully saturated rings. The minimum Gasteiger partial charge on any atom is -0.310 e. The summed E-state index contributed by atoms with van der Waals surface area (Å²) in [7, 11) is 0. The van der Waals surface area contributed by atoms with Gasteiger partial charge in [-0.05, 0) is 43.8 Å². The molecule has 1 heterocycles. The molecule has 0 amide bonds. The Morgan fingerprint density at radius 1 is 1.20 bits per heavy atom. The van der Waals surface area contributed by atoms with E-state index in [2.05, 4.69) is 61.3 Å². The third kappa shape index (κ3) is 3.83. The predicted molar refractivity (Wildman–Crippen MR) is 87.2 cm³/mol. The van der Waals surface area contributed by atoms with Crippen LogP contribution in [-0.2, 0) is 0 Å². The Bertz CT molecular complexity index is 384. The van der Waals surface area contributed by atoms with Gasteiger partial charge in [-0.3, -0.25) is 0 Å². The number of hydrogen-bond acceptors (Lipinski definition) is 2. The number of hydrogen-bond donors (Lipinski definition) is 1. The molecule has 20 heavy (non-hydrogen) atoms. The van der Waals surface area contributed by atoms with Crippen LogP contribution in [0.1, 0.15) is 51.5 Å².